The number of hydrogen-bond donors (Lipinski definition) is 3. The van der Waals surface area contributed by atoms with Crippen LogP contribution in [0.4, 0.5) is 4.39 Å². The standard InChI is InChI=1S/C26H25ClFN3O2S/c1-3-23(33)30-8-9-31(15(2)14-30)26(34)17-11-21(27)24(25(28)22(29)12-17)20-13-18(32)10-16-6-4-5-7-19(16)20/h3-7,10-11,13,15,29,32,34H,1,8-9,12,14H2,2H3/b26-17-,29-22?. The van der Waals surface area contributed by atoms with Crippen molar-refractivity contribution in [3.8, 4) is 5.75 Å². The molecule has 0 radical (unpaired) electrons. The number of rotatable bonds is 3. The van der Waals surface area contributed by atoms with Crippen molar-refractivity contribution in [3.63, 3.8) is 0 Å². The van der Waals surface area contributed by atoms with E-state index in [9.17, 15) is 9.90 Å². The molecule has 1 aliphatic heterocycles. The van der Waals surface area contributed by atoms with Gasteiger partial charge in [-0.05, 0) is 53.1 Å². The van der Waals surface area contributed by atoms with Crippen LogP contribution in [-0.4, -0.2) is 52.2 Å². The second kappa shape index (κ2) is 9.68. The summed E-state index contributed by atoms with van der Waals surface area (Å²) < 4.78 is 15.6. The van der Waals surface area contributed by atoms with Crippen molar-refractivity contribution in [1.82, 2.24) is 9.80 Å². The van der Waals surface area contributed by atoms with Crippen LogP contribution in [0.25, 0.3) is 16.3 Å². The molecule has 0 aromatic heterocycles. The number of amides is 1. The lowest BCUT2D eigenvalue weighted by molar-refractivity contribution is -0.128. The average Bonchev–Trinajstić information content (AvgIpc) is 2.92. The lowest BCUT2D eigenvalue weighted by Crippen LogP contribution is -2.52. The number of allylic oxidation sites excluding steroid dienone is 5. The molecule has 5 nitrogen and oxygen atoms in total. The first-order valence-corrected chi connectivity index (χ1v) is 11.7. The van der Waals surface area contributed by atoms with Gasteiger partial charge in [0.25, 0.3) is 0 Å². The van der Waals surface area contributed by atoms with Crippen LogP contribution >= 0.6 is 24.2 Å². The third-order valence-corrected chi connectivity index (χ3v) is 7.02. The minimum absolute atomic E-state index is 0.0133. The number of aromatic hydroxyl groups is 1. The fraction of sp³-hybridized carbons (Fsp3) is 0.231. The summed E-state index contributed by atoms with van der Waals surface area (Å²) >= 11 is 11.4. The number of carbonyl (C=O) groups excluding carboxylic acids is 1. The van der Waals surface area contributed by atoms with E-state index in [1.54, 1.807) is 17.0 Å². The molecule has 2 aromatic rings. The van der Waals surface area contributed by atoms with Crippen molar-refractivity contribution in [2.24, 2.45) is 0 Å². The molecule has 4 rings (SSSR count). The van der Waals surface area contributed by atoms with Gasteiger partial charge < -0.3 is 20.3 Å². The molecule has 34 heavy (non-hydrogen) atoms. The van der Waals surface area contributed by atoms with Crippen molar-refractivity contribution in [2.75, 3.05) is 19.6 Å². The normalized spacial score (nSPS) is 20.9. The number of phenolic OH excluding ortho intramolecular Hbond substituents is 1. The monoisotopic (exact) mass is 497 g/mol. The van der Waals surface area contributed by atoms with E-state index in [2.05, 4.69) is 6.58 Å². The summed E-state index contributed by atoms with van der Waals surface area (Å²) in [5.41, 5.74) is 0.891. The zero-order chi connectivity index (χ0) is 24.6. The Morgan fingerprint density at radius 2 is 2.06 bits per heavy atom. The van der Waals surface area contributed by atoms with Gasteiger partial charge in [0.1, 0.15) is 5.75 Å². The number of thiol groups is 1. The van der Waals surface area contributed by atoms with E-state index < -0.39 is 5.83 Å². The highest BCUT2D eigenvalue weighted by atomic mass is 35.5. The van der Waals surface area contributed by atoms with Gasteiger partial charge in [0.15, 0.2) is 5.83 Å². The summed E-state index contributed by atoms with van der Waals surface area (Å²) in [6.07, 6.45) is 2.96. The highest BCUT2D eigenvalue weighted by Gasteiger charge is 2.29. The molecule has 1 fully saturated rings. The first-order chi connectivity index (χ1) is 16.2. The van der Waals surface area contributed by atoms with Crippen LogP contribution < -0.4 is 0 Å². The first kappa shape index (κ1) is 24.1. The Bertz CT molecular complexity index is 1300. The number of nitrogens with zero attached hydrogens (tertiary/aromatic N) is 2. The molecule has 2 N–H and O–H groups in total. The molecule has 0 bridgehead atoms. The van der Waals surface area contributed by atoms with E-state index in [0.29, 0.717) is 35.8 Å². The molecule has 1 aliphatic carbocycles. The quantitative estimate of drug-likeness (QED) is 0.380. The lowest BCUT2D eigenvalue weighted by Gasteiger charge is -2.41. The minimum Gasteiger partial charge on any atom is -0.508 e. The summed E-state index contributed by atoms with van der Waals surface area (Å²) in [6.45, 7) is 7.09. The highest BCUT2D eigenvalue weighted by Crippen LogP contribution is 2.41. The molecule has 2 aromatic carbocycles. The molecular formula is C26H25ClFN3O2S. The molecule has 0 saturated carbocycles. The van der Waals surface area contributed by atoms with Gasteiger partial charge in [-0.2, -0.15) is 0 Å². The molecule has 2 aliphatic rings. The number of halogens is 2. The molecule has 1 atom stereocenters. The summed E-state index contributed by atoms with van der Waals surface area (Å²) in [4.78, 5) is 15.7. The average molecular weight is 498 g/mol. The largest absolute Gasteiger partial charge is 0.508 e. The molecule has 1 heterocycles. The van der Waals surface area contributed by atoms with Crippen LogP contribution in [0.5, 0.6) is 5.75 Å². The molecule has 0 spiro atoms. The van der Waals surface area contributed by atoms with Crippen molar-refractivity contribution in [1.29, 1.82) is 5.41 Å². The molecule has 1 saturated heterocycles. The fourth-order valence-corrected chi connectivity index (χ4v) is 5.24. The number of piperazine rings is 1. The van der Waals surface area contributed by atoms with E-state index in [1.165, 1.54) is 12.1 Å². The van der Waals surface area contributed by atoms with Gasteiger partial charge in [-0.1, -0.05) is 42.4 Å². The number of carbonyl (C=O) groups is 1. The predicted octanol–water partition coefficient (Wildman–Crippen LogP) is 5.63. The number of fused-ring (bicyclic) bond motifs is 1. The van der Waals surface area contributed by atoms with Crippen LogP contribution in [0, 0.1) is 5.41 Å². The van der Waals surface area contributed by atoms with Gasteiger partial charge in [0.2, 0.25) is 5.91 Å². The van der Waals surface area contributed by atoms with Gasteiger partial charge >= 0.3 is 0 Å². The Morgan fingerprint density at radius 1 is 1.32 bits per heavy atom. The third kappa shape index (κ3) is 4.50. The van der Waals surface area contributed by atoms with Crippen LogP contribution in [0.1, 0.15) is 18.9 Å². The predicted molar refractivity (Wildman–Crippen MR) is 139 cm³/mol. The lowest BCUT2D eigenvalue weighted by atomic mass is 9.96. The van der Waals surface area contributed by atoms with Gasteiger partial charge in [-0.15, -0.1) is 12.6 Å². The fourth-order valence-electron chi connectivity index (χ4n) is 4.48. The van der Waals surface area contributed by atoms with Gasteiger partial charge in [-0.3, -0.25) is 4.79 Å². The molecular weight excluding hydrogens is 473 g/mol. The number of nitrogens with one attached hydrogen (secondary N) is 1. The smallest absolute Gasteiger partial charge is 0.246 e. The summed E-state index contributed by atoms with van der Waals surface area (Å²) in [5, 5.41) is 20.9. The Labute approximate surface area is 208 Å². The first-order valence-electron chi connectivity index (χ1n) is 10.9. The third-order valence-electron chi connectivity index (χ3n) is 6.18. The van der Waals surface area contributed by atoms with Gasteiger partial charge in [0, 0.05) is 37.7 Å². The second-order valence-corrected chi connectivity index (χ2v) is 9.26. The summed E-state index contributed by atoms with van der Waals surface area (Å²) in [5.74, 6) is -0.864. The Balaban J connectivity index is 1.75. The minimum atomic E-state index is -0.734. The summed E-state index contributed by atoms with van der Waals surface area (Å²) in [7, 11) is 0. The van der Waals surface area contributed by atoms with Gasteiger partial charge in [0.05, 0.1) is 15.8 Å². The number of benzene rings is 2. The molecule has 1 unspecified atom stereocenters. The highest BCUT2D eigenvalue weighted by molar-refractivity contribution is 7.84. The Morgan fingerprint density at radius 3 is 2.76 bits per heavy atom. The zero-order valence-electron chi connectivity index (χ0n) is 18.7. The van der Waals surface area contributed by atoms with E-state index in [4.69, 9.17) is 29.6 Å². The van der Waals surface area contributed by atoms with E-state index in [1.807, 2.05) is 36.1 Å². The zero-order valence-corrected chi connectivity index (χ0v) is 20.3. The van der Waals surface area contributed by atoms with E-state index in [0.717, 1.165) is 10.8 Å². The molecule has 1 amide bonds. The van der Waals surface area contributed by atoms with Crippen LogP contribution in [0.15, 0.2) is 76.6 Å². The maximum Gasteiger partial charge on any atom is 0.246 e. The second-order valence-electron chi connectivity index (χ2n) is 8.43. The number of phenols is 1. The molecule has 8 heteroatoms. The maximum absolute atomic E-state index is 15.6. The summed E-state index contributed by atoms with van der Waals surface area (Å²) in [6, 6.07) is 10.4. The van der Waals surface area contributed by atoms with Crippen LogP contribution in [0.3, 0.4) is 0 Å². The van der Waals surface area contributed by atoms with Crippen molar-refractivity contribution in [3.05, 3.63) is 82.2 Å². The number of hydrogen-bond acceptors (Lipinski definition) is 5. The van der Waals surface area contributed by atoms with Crippen LogP contribution in [-0.2, 0) is 4.79 Å². The van der Waals surface area contributed by atoms with Gasteiger partial charge in [-0.25, -0.2) is 4.39 Å². The van der Waals surface area contributed by atoms with Crippen molar-refractivity contribution < 1.29 is 14.3 Å². The van der Waals surface area contributed by atoms with Crippen molar-refractivity contribution in [2.45, 2.75) is 19.4 Å². The molecule has 176 valence electrons. The van der Waals surface area contributed by atoms with E-state index >= 15 is 4.39 Å². The topological polar surface area (TPSA) is 67.6 Å². The Hall–Kier alpha value is -3.03. The maximum atomic E-state index is 15.6. The Kier molecular flexibility index (Phi) is 6.86. The van der Waals surface area contributed by atoms with Crippen molar-refractivity contribution >= 4 is 52.2 Å². The van der Waals surface area contributed by atoms with Crippen LogP contribution in [0.2, 0.25) is 0 Å². The van der Waals surface area contributed by atoms with E-state index in [-0.39, 0.29) is 40.4 Å². The SMILES string of the molecule is C=CC(=O)N1CCN(/C(S)=C2\C=C(Cl)C(c3cc(O)cc4ccccc34)=C(F)C(=N)C2)C(C)C1.